The number of anilines is 1. The van der Waals surface area contributed by atoms with Crippen LogP contribution in [0.25, 0.3) is 0 Å². The monoisotopic (exact) mass is 250 g/mol. The van der Waals surface area contributed by atoms with Gasteiger partial charge in [-0.15, -0.1) is 0 Å². The molecule has 0 spiro atoms. The molecule has 1 rings (SSSR count). The molecule has 0 aliphatic heterocycles. The van der Waals surface area contributed by atoms with Gasteiger partial charge in [0.25, 0.3) is 0 Å². The molecule has 0 fully saturated rings. The molecule has 7 heteroatoms. The summed E-state index contributed by atoms with van der Waals surface area (Å²) < 4.78 is 4.97. The van der Waals surface area contributed by atoms with Crippen molar-refractivity contribution in [1.82, 2.24) is 4.98 Å². The van der Waals surface area contributed by atoms with Crippen molar-refractivity contribution in [2.24, 2.45) is 5.92 Å². The first-order valence-electron chi connectivity index (χ1n) is 5.36. The number of nitriles is 1. The second kappa shape index (κ2) is 6.51. The van der Waals surface area contributed by atoms with Gasteiger partial charge in [0.05, 0.1) is 11.5 Å². The molecule has 0 aromatic carbocycles. The highest BCUT2D eigenvalue weighted by atomic mass is 16.6. The lowest BCUT2D eigenvalue weighted by Gasteiger charge is -2.12. The lowest BCUT2D eigenvalue weighted by molar-refractivity contribution is -0.384. The minimum Gasteiger partial charge on any atom is -0.384 e. The summed E-state index contributed by atoms with van der Waals surface area (Å²) in [6, 6.07) is 3.11. The van der Waals surface area contributed by atoms with Crippen LogP contribution < -0.4 is 5.32 Å². The highest BCUT2D eigenvalue weighted by Gasteiger charge is 2.21. The second-order valence-electron chi connectivity index (χ2n) is 3.87. The molecule has 1 unspecified atom stereocenters. The number of methoxy groups -OCH3 is 1. The molecule has 1 heterocycles. The van der Waals surface area contributed by atoms with Crippen LogP contribution in [-0.4, -0.2) is 30.2 Å². The van der Waals surface area contributed by atoms with Crippen LogP contribution in [0.15, 0.2) is 12.3 Å². The molecule has 0 bridgehead atoms. The van der Waals surface area contributed by atoms with Crippen molar-refractivity contribution < 1.29 is 9.66 Å². The molecule has 0 saturated carbocycles. The van der Waals surface area contributed by atoms with E-state index in [1.54, 1.807) is 13.2 Å². The molecule has 18 heavy (non-hydrogen) atoms. The maximum atomic E-state index is 10.9. The number of nitrogens with zero attached hydrogens (tertiary/aromatic N) is 3. The Balaban J connectivity index is 2.89. The molecule has 1 atom stereocenters. The zero-order valence-corrected chi connectivity index (χ0v) is 10.2. The van der Waals surface area contributed by atoms with Gasteiger partial charge in [0.15, 0.2) is 0 Å². The van der Waals surface area contributed by atoms with Gasteiger partial charge < -0.3 is 10.1 Å². The number of aromatic nitrogens is 1. The summed E-state index contributed by atoms with van der Waals surface area (Å²) in [6.45, 7) is 2.96. The fourth-order valence-corrected chi connectivity index (χ4v) is 1.47. The number of nitrogens with one attached hydrogen (secondary N) is 1. The predicted octanol–water partition coefficient (Wildman–Crippen LogP) is 1.56. The maximum Gasteiger partial charge on any atom is 0.328 e. The SMILES string of the molecule is COCC(C)CNc1nccc(C#N)c1[N+](=O)[O-]. The lowest BCUT2D eigenvalue weighted by atomic mass is 10.2. The normalized spacial score (nSPS) is 11.6. The van der Waals surface area contributed by atoms with Gasteiger partial charge in [-0.1, -0.05) is 6.92 Å². The van der Waals surface area contributed by atoms with Crippen LogP contribution in [0, 0.1) is 27.4 Å². The van der Waals surface area contributed by atoms with Crippen LogP contribution in [0.3, 0.4) is 0 Å². The summed E-state index contributed by atoms with van der Waals surface area (Å²) in [7, 11) is 1.59. The maximum absolute atomic E-state index is 10.9. The van der Waals surface area contributed by atoms with Crippen molar-refractivity contribution >= 4 is 11.5 Å². The summed E-state index contributed by atoms with van der Waals surface area (Å²) >= 11 is 0. The Kier molecular flexibility index (Phi) is 5.02. The molecule has 7 nitrogen and oxygen atoms in total. The summed E-state index contributed by atoms with van der Waals surface area (Å²) in [5.41, 5.74) is -0.290. The minimum absolute atomic E-state index is 0.00288. The fraction of sp³-hybridized carbons (Fsp3) is 0.455. The van der Waals surface area contributed by atoms with Gasteiger partial charge in [0.1, 0.15) is 11.6 Å². The molecule has 1 aromatic heterocycles. The largest absolute Gasteiger partial charge is 0.384 e. The fourth-order valence-electron chi connectivity index (χ4n) is 1.47. The van der Waals surface area contributed by atoms with Gasteiger partial charge in [-0.2, -0.15) is 5.26 Å². The Morgan fingerprint density at radius 1 is 1.72 bits per heavy atom. The van der Waals surface area contributed by atoms with Gasteiger partial charge in [-0.3, -0.25) is 10.1 Å². The summed E-state index contributed by atoms with van der Waals surface area (Å²) in [6.07, 6.45) is 1.37. The third-order valence-corrected chi connectivity index (χ3v) is 2.30. The van der Waals surface area contributed by atoms with Crippen LogP contribution in [0.5, 0.6) is 0 Å². The number of pyridine rings is 1. The van der Waals surface area contributed by atoms with E-state index in [0.717, 1.165) is 0 Å². The minimum atomic E-state index is -0.602. The van der Waals surface area contributed by atoms with E-state index < -0.39 is 4.92 Å². The van der Waals surface area contributed by atoms with Crippen LogP contribution >= 0.6 is 0 Å². The Morgan fingerprint density at radius 3 is 3.00 bits per heavy atom. The van der Waals surface area contributed by atoms with E-state index in [1.807, 2.05) is 6.92 Å². The lowest BCUT2D eigenvalue weighted by Crippen LogP contribution is -2.17. The molecule has 0 aliphatic carbocycles. The summed E-state index contributed by atoms with van der Waals surface area (Å²) in [4.78, 5) is 14.2. The highest BCUT2D eigenvalue weighted by molar-refractivity contribution is 5.63. The predicted molar refractivity (Wildman–Crippen MR) is 65.1 cm³/mol. The number of hydrogen-bond donors (Lipinski definition) is 1. The molecule has 0 saturated heterocycles. The van der Waals surface area contributed by atoms with Crippen LogP contribution in [0.2, 0.25) is 0 Å². The van der Waals surface area contributed by atoms with E-state index in [1.165, 1.54) is 12.3 Å². The average molecular weight is 250 g/mol. The topological polar surface area (TPSA) is 101 Å². The Labute approximate surface area is 105 Å². The Hall–Kier alpha value is -2.20. The van der Waals surface area contributed by atoms with Crippen LogP contribution in [0.1, 0.15) is 12.5 Å². The molecule has 1 aromatic rings. The molecule has 1 N–H and O–H groups in total. The van der Waals surface area contributed by atoms with Crippen LogP contribution in [0.4, 0.5) is 11.5 Å². The third-order valence-electron chi connectivity index (χ3n) is 2.30. The van der Waals surface area contributed by atoms with E-state index >= 15 is 0 Å². The number of ether oxygens (including phenoxy) is 1. The molecule has 0 amide bonds. The van der Waals surface area contributed by atoms with E-state index in [-0.39, 0.29) is 23.0 Å². The van der Waals surface area contributed by atoms with Crippen molar-refractivity contribution in [3.63, 3.8) is 0 Å². The van der Waals surface area contributed by atoms with Crippen molar-refractivity contribution in [3.05, 3.63) is 27.9 Å². The van der Waals surface area contributed by atoms with Gasteiger partial charge in [0.2, 0.25) is 5.82 Å². The van der Waals surface area contributed by atoms with E-state index in [2.05, 4.69) is 10.3 Å². The van der Waals surface area contributed by atoms with Crippen molar-refractivity contribution in [1.29, 1.82) is 5.26 Å². The smallest absolute Gasteiger partial charge is 0.328 e. The van der Waals surface area contributed by atoms with Gasteiger partial charge in [-0.05, 0) is 12.0 Å². The van der Waals surface area contributed by atoms with Gasteiger partial charge >= 0.3 is 5.69 Å². The zero-order chi connectivity index (χ0) is 13.5. The first-order chi connectivity index (χ1) is 8.60. The molecule has 0 aliphatic rings. The quantitative estimate of drug-likeness (QED) is 0.607. The van der Waals surface area contributed by atoms with E-state index in [9.17, 15) is 10.1 Å². The van der Waals surface area contributed by atoms with E-state index in [0.29, 0.717) is 13.2 Å². The van der Waals surface area contributed by atoms with Gasteiger partial charge in [0, 0.05) is 19.9 Å². The highest BCUT2D eigenvalue weighted by Crippen LogP contribution is 2.25. The van der Waals surface area contributed by atoms with E-state index in [4.69, 9.17) is 10.00 Å². The van der Waals surface area contributed by atoms with Crippen LogP contribution in [-0.2, 0) is 4.74 Å². The Morgan fingerprint density at radius 2 is 2.44 bits per heavy atom. The van der Waals surface area contributed by atoms with Crippen molar-refractivity contribution in [2.45, 2.75) is 6.92 Å². The molecular weight excluding hydrogens is 236 g/mol. The van der Waals surface area contributed by atoms with Crippen molar-refractivity contribution in [3.8, 4) is 6.07 Å². The number of hydrogen-bond acceptors (Lipinski definition) is 6. The number of rotatable bonds is 6. The second-order valence-corrected chi connectivity index (χ2v) is 3.87. The average Bonchev–Trinajstić information content (AvgIpc) is 2.35. The van der Waals surface area contributed by atoms with Gasteiger partial charge in [-0.25, -0.2) is 4.98 Å². The molecular formula is C11H14N4O3. The zero-order valence-electron chi connectivity index (χ0n) is 10.2. The molecule has 96 valence electrons. The first-order valence-corrected chi connectivity index (χ1v) is 5.36. The number of nitro groups is 1. The third kappa shape index (κ3) is 3.40. The summed E-state index contributed by atoms with van der Waals surface area (Å²) in [5.74, 6) is 0.296. The first kappa shape index (κ1) is 13.9. The Bertz CT molecular complexity index is 470. The molecule has 0 radical (unpaired) electrons. The standard InChI is InChI=1S/C11H14N4O3/c1-8(7-18-2)6-14-11-10(15(16)17)9(5-12)3-4-13-11/h3-4,8H,6-7H2,1-2H3,(H,13,14). The van der Waals surface area contributed by atoms with Crippen molar-refractivity contribution in [2.75, 3.05) is 25.6 Å². The summed E-state index contributed by atoms with van der Waals surface area (Å²) in [5, 5.41) is 22.6.